The highest BCUT2D eigenvalue weighted by Gasteiger charge is 2.41. The second kappa shape index (κ2) is 9.05. The van der Waals surface area contributed by atoms with Gasteiger partial charge < -0.3 is 20.1 Å². The summed E-state index contributed by atoms with van der Waals surface area (Å²) in [5.41, 5.74) is 0.899. The second-order valence-corrected chi connectivity index (χ2v) is 7.69. The van der Waals surface area contributed by atoms with Gasteiger partial charge in [-0.05, 0) is 49.8 Å². The number of rotatable bonds is 4. The number of nitrogens with one attached hydrogen (secondary N) is 2. The smallest absolute Gasteiger partial charge is 0.191 e. The average Bonchev–Trinajstić information content (AvgIpc) is 3.29. The lowest BCUT2D eigenvalue weighted by Gasteiger charge is -2.38. The fourth-order valence-corrected chi connectivity index (χ4v) is 4.56. The first kappa shape index (κ1) is 20.8. The molecule has 27 heavy (non-hydrogen) atoms. The second-order valence-electron chi connectivity index (χ2n) is 7.69. The summed E-state index contributed by atoms with van der Waals surface area (Å²) in [5, 5.41) is 7.01. The van der Waals surface area contributed by atoms with Crippen LogP contribution in [0.15, 0.2) is 29.3 Å². The highest BCUT2D eigenvalue weighted by atomic mass is 127. The Morgan fingerprint density at radius 3 is 2.74 bits per heavy atom. The quantitative estimate of drug-likeness (QED) is 0.388. The van der Waals surface area contributed by atoms with Gasteiger partial charge in [-0.25, -0.2) is 4.39 Å². The number of benzene rings is 1. The van der Waals surface area contributed by atoms with Gasteiger partial charge in [0.25, 0.3) is 0 Å². The van der Waals surface area contributed by atoms with Gasteiger partial charge in [-0.2, -0.15) is 0 Å². The van der Waals surface area contributed by atoms with Gasteiger partial charge in [-0.15, -0.1) is 24.0 Å². The molecule has 0 aromatic heterocycles. The monoisotopic (exact) mass is 489 g/mol. The lowest BCUT2D eigenvalue weighted by atomic mass is 9.74. The molecule has 3 unspecified atom stereocenters. The van der Waals surface area contributed by atoms with E-state index in [0.29, 0.717) is 38.0 Å². The van der Waals surface area contributed by atoms with Gasteiger partial charge in [0.2, 0.25) is 0 Å². The minimum absolute atomic E-state index is 0. The Kier molecular flexibility index (Phi) is 6.97. The van der Waals surface area contributed by atoms with Crippen LogP contribution in [0.25, 0.3) is 0 Å². The van der Waals surface area contributed by atoms with E-state index in [2.05, 4.69) is 15.6 Å². The van der Waals surface area contributed by atoms with Crippen LogP contribution in [-0.4, -0.2) is 51.0 Å². The van der Waals surface area contributed by atoms with E-state index in [1.54, 1.807) is 19.2 Å². The van der Waals surface area contributed by atoms with E-state index in [9.17, 15) is 4.39 Å². The molecule has 2 bridgehead atoms. The fraction of sp³-hybridized carbons (Fsp3) is 0.650. The molecule has 0 radical (unpaired) electrons. The summed E-state index contributed by atoms with van der Waals surface area (Å²) in [6, 6.07) is 7.31. The molecule has 150 valence electrons. The summed E-state index contributed by atoms with van der Waals surface area (Å²) in [6.45, 7) is 2.11. The molecule has 1 aromatic rings. The SMILES string of the molecule is CN=C(NCC1(c2cccc(F)c2)CCOCC1)NC1CC2CCC1O2.I. The summed E-state index contributed by atoms with van der Waals surface area (Å²) in [7, 11) is 1.79. The number of nitrogens with zero attached hydrogens (tertiary/aromatic N) is 1. The third-order valence-electron chi connectivity index (χ3n) is 6.13. The van der Waals surface area contributed by atoms with Gasteiger partial charge in [0.05, 0.1) is 18.2 Å². The first-order valence-electron chi connectivity index (χ1n) is 9.65. The van der Waals surface area contributed by atoms with Crippen molar-refractivity contribution in [1.29, 1.82) is 0 Å². The van der Waals surface area contributed by atoms with E-state index >= 15 is 0 Å². The zero-order valence-corrected chi connectivity index (χ0v) is 18.1. The fourth-order valence-electron chi connectivity index (χ4n) is 4.56. The molecule has 0 amide bonds. The zero-order valence-electron chi connectivity index (χ0n) is 15.7. The lowest BCUT2D eigenvalue weighted by Crippen LogP contribution is -2.52. The molecule has 1 aromatic carbocycles. The topological polar surface area (TPSA) is 54.9 Å². The summed E-state index contributed by atoms with van der Waals surface area (Å²) in [5.74, 6) is 0.614. The van der Waals surface area contributed by atoms with Crippen molar-refractivity contribution in [2.45, 2.75) is 55.8 Å². The minimum Gasteiger partial charge on any atom is -0.381 e. The third kappa shape index (κ3) is 4.56. The summed E-state index contributed by atoms with van der Waals surface area (Å²) >= 11 is 0. The highest BCUT2D eigenvalue weighted by molar-refractivity contribution is 14.0. The third-order valence-corrected chi connectivity index (χ3v) is 6.13. The maximum atomic E-state index is 13.8. The Labute approximate surface area is 177 Å². The van der Waals surface area contributed by atoms with Crippen molar-refractivity contribution in [2.24, 2.45) is 4.99 Å². The minimum atomic E-state index is -0.185. The van der Waals surface area contributed by atoms with E-state index < -0.39 is 0 Å². The van der Waals surface area contributed by atoms with E-state index in [0.717, 1.165) is 37.2 Å². The Balaban J connectivity index is 0.00000210. The van der Waals surface area contributed by atoms with Crippen molar-refractivity contribution in [3.8, 4) is 0 Å². The molecule has 3 fully saturated rings. The van der Waals surface area contributed by atoms with Crippen LogP contribution >= 0.6 is 24.0 Å². The molecule has 2 N–H and O–H groups in total. The molecule has 3 heterocycles. The van der Waals surface area contributed by atoms with Gasteiger partial charge in [0, 0.05) is 32.2 Å². The van der Waals surface area contributed by atoms with Crippen molar-refractivity contribution in [2.75, 3.05) is 26.8 Å². The van der Waals surface area contributed by atoms with E-state index in [-0.39, 0.29) is 35.2 Å². The molecule has 3 atom stereocenters. The van der Waals surface area contributed by atoms with Crippen LogP contribution in [0.1, 0.15) is 37.7 Å². The molecule has 4 rings (SSSR count). The van der Waals surface area contributed by atoms with Crippen molar-refractivity contribution in [3.05, 3.63) is 35.6 Å². The number of guanidine groups is 1. The van der Waals surface area contributed by atoms with Gasteiger partial charge in [-0.3, -0.25) is 4.99 Å². The van der Waals surface area contributed by atoms with Crippen LogP contribution in [0.2, 0.25) is 0 Å². The van der Waals surface area contributed by atoms with Gasteiger partial charge >= 0.3 is 0 Å². The van der Waals surface area contributed by atoms with E-state index in [4.69, 9.17) is 9.47 Å². The normalized spacial score (nSPS) is 29.3. The van der Waals surface area contributed by atoms with Crippen molar-refractivity contribution in [3.63, 3.8) is 0 Å². The standard InChI is InChI=1S/C20H28FN3O2.HI/c1-22-19(24-17-12-16-5-6-18(17)26-16)23-13-20(7-9-25-10-8-20)14-3-2-4-15(21)11-14;/h2-4,11,16-18H,5-10,12-13H2,1H3,(H2,22,23,24);1H. The Hall–Kier alpha value is -0.930. The predicted molar refractivity (Wildman–Crippen MR) is 114 cm³/mol. The Morgan fingerprint density at radius 2 is 2.11 bits per heavy atom. The van der Waals surface area contributed by atoms with Crippen LogP contribution in [-0.2, 0) is 14.9 Å². The largest absolute Gasteiger partial charge is 0.381 e. The van der Waals surface area contributed by atoms with Gasteiger partial charge in [0.15, 0.2) is 5.96 Å². The highest BCUT2D eigenvalue weighted by Crippen LogP contribution is 2.35. The van der Waals surface area contributed by atoms with Crippen LogP contribution < -0.4 is 10.6 Å². The van der Waals surface area contributed by atoms with Gasteiger partial charge in [-0.1, -0.05) is 12.1 Å². The number of hydrogen-bond acceptors (Lipinski definition) is 3. The average molecular weight is 489 g/mol. The van der Waals surface area contributed by atoms with Crippen LogP contribution in [0.5, 0.6) is 0 Å². The van der Waals surface area contributed by atoms with E-state index in [1.165, 1.54) is 12.5 Å². The number of aliphatic imine (C=N–C) groups is 1. The van der Waals surface area contributed by atoms with Crippen LogP contribution in [0, 0.1) is 5.82 Å². The maximum Gasteiger partial charge on any atom is 0.191 e. The molecule has 0 saturated carbocycles. The van der Waals surface area contributed by atoms with Crippen LogP contribution in [0.4, 0.5) is 4.39 Å². The molecule has 3 aliphatic heterocycles. The molecule has 5 nitrogen and oxygen atoms in total. The summed E-state index contributed by atoms with van der Waals surface area (Å²) in [4.78, 5) is 4.40. The molecular weight excluding hydrogens is 460 g/mol. The number of fused-ring (bicyclic) bond motifs is 2. The van der Waals surface area contributed by atoms with E-state index in [1.807, 2.05) is 6.07 Å². The first-order valence-corrected chi connectivity index (χ1v) is 9.65. The molecule has 3 saturated heterocycles. The number of ether oxygens (including phenoxy) is 2. The lowest BCUT2D eigenvalue weighted by molar-refractivity contribution is 0.0512. The zero-order chi connectivity index (χ0) is 18.0. The first-order chi connectivity index (χ1) is 12.7. The number of hydrogen-bond donors (Lipinski definition) is 2. The van der Waals surface area contributed by atoms with Crippen LogP contribution in [0.3, 0.4) is 0 Å². The molecule has 0 aliphatic carbocycles. The maximum absolute atomic E-state index is 13.8. The van der Waals surface area contributed by atoms with Crippen molar-refractivity contribution >= 4 is 29.9 Å². The molecule has 0 spiro atoms. The Morgan fingerprint density at radius 1 is 1.30 bits per heavy atom. The molecular formula is C20H29FIN3O2. The number of halogens is 2. The summed E-state index contributed by atoms with van der Waals surface area (Å²) in [6.07, 6.45) is 5.81. The van der Waals surface area contributed by atoms with Gasteiger partial charge in [0.1, 0.15) is 5.82 Å². The predicted octanol–water partition coefficient (Wildman–Crippen LogP) is 2.98. The van der Waals surface area contributed by atoms with Crippen molar-refractivity contribution in [1.82, 2.24) is 10.6 Å². The molecule has 7 heteroatoms. The molecule has 3 aliphatic rings. The summed E-state index contributed by atoms with van der Waals surface area (Å²) < 4.78 is 25.3. The van der Waals surface area contributed by atoms with Crippen molar-refractivity contribution < 1.29 is 13.9 Å². The Bertz CT molecular complexity index is 666.